The van der Waals surface area contributed by atoms with E-state index in [1.807, 2.05) is 48.7 Å². The van der Waals surface area contributed by atoms with Crippen molar-refractivity contribution in [3.05, 3.63) is 59.8 Å². The van der Waals surface area contributed by atoms with E-state index in [-0.39, 0.29) is 11.3 Å². The highest BCUT2D eigenvalue weighted by Crippen LogP contribution is 2.48. The number of hydrogen-bond acceptors (Lipinski definition) is 4. The molecule has 2 aliphatic rings. The molecule has 1 saturated carbocycles. The molecule has 2 heterocycles. The van der Waals surface area contributed by atoms with Crippen LogP contribution < -0.4 is 10.2 Å². The molecule has 130 valence electrons. The number of pyridine rings is 1. The molecule has 0 spiro atoms. The Hall–Kier alpha value is -2.40. The second kappa shape index (κ2) is 6.84. The molecular weight excluding hydrogens is 314 g/mol. The Bertz CT molecular complexity index is 720. The second-order valence-corrected chi connectivity index (χ2v) is 6.75. The van der Waals surface area contributed by atoms with Gasteiger partial charge in [-0.1, -0.05) is 36.4 Å². The van der Waals surface area contributed by atoms with Crippen LogP contribution in [0.2, 0.25) is 0 Å². The first kappa shape index (κ1) is 16.1. The Labute approximate surface area is 148 Å². The Kier molecular flexibility index (Phi) is 4.40. The lowest BCUT2D eigenvalue weighted by Crippen LogP contribution is -2.36. The van der Waals surface area contributed by atoms with Crippen LogP contribution in [-0.2, 0) is 21.5 Å². The van der Waals surface area contributed by atoms with Gasteiger partial charge in [0.15, 0.2) is 0 Å². The highest BCUT2D eigenvalue weighted by molar-refractivity contribution is 5.91. The van der Waals surface area contributed by atoms with Crippen LogP contribution in [-0.4, -0.2) is 37.2 Å². The van der Waals surface area contributed by atoms with E-state index in [0.29, 0.717) is 6.54 Å². The topological polar surface area (TPSA) is 54.5 Å². The van der Waals surface area contributed by atoms with Gasteiger partial charge in [0.25, 0.3) is 0 Å². The van der Waals surface area contributed by atoms with Gasteiger partial charge >= 0.3 is 0 Å². The number of anilines is 1. The number of benzene rings is 1. The van der Waals surface area contributed by atoms with Crippen LogP contribution in [0.5, 0.6) is 0 Å². The molecule has 1 aliphatic heterocycles. The molecule has 1 N–H and O–H groups in total. The summed E-state index contributed by atoms with van der Waals surface area (Å²) in [6, 6.07) is 14.1. The predicted octanol–water partition coefficient (Wildman–Crippen LogP) is 2.27. The zero-order chi connectivity index (χ0) is 17.1. The van der Waals surface area contributed by atoms with Crippen LogP contribution in [0.25, 0.3) is 0 Å². The van der Waals surface area contributed by atoms with Crippen LogP contribution >= 0.6 is 0 Å². The maximum absolute atomic E-state index is 12.7. The lowest BCUT2D eigenvalue weighted by Gasteiger charge is -2.27. The number of rotatable bonds is 5. The first-order valence-electron chi connectivity index (χ1n) is 8.89. The zero-order valence-corrected chi connectivity index (χ0v) is 14.3. The normalized spacial score (nSPS) is 18.6. The number of aromatic nitrogens is 1. The summed E-state index contributed by atoms with van der Waals surface area (Å²) in [5.41, 5.74) is 1.82. The van der Waals surface area contributed by atoms with Crippen LogP contribution in [0.4, 0.5) is 5.82 Å². The minimum absolute atomic E-state index is 0.121. The maximum Gasteiger partial charge on any atom is 0.230 e. The average Bonchev–Trinajstić information content (AvgIpc) is 3.50. The van der Waals surface area contributed by atoms with E-state index in [1.54, 1.807) is 0 Å². The second-order valence-electron chi connectivity index (χ2n) is 6.75. The van der Waals surface area contributed by atoms with Crippen molar-refractivity contribution in [2.24, 2.45) is 0 Å². The molecule has 0 radical (unpaired) electrons. The number of carbonyl (C=O) groups is 1. The molecule has 0 unspecified atom stereocenters. The molecule has 2 fully saturated rings. The first-order chi connectivity index (χ1) is 12.3. The summed E-state index contributed by atoms with van der Waals surface area (Å²) in [4.78, 5) is 19.4. The zero-order valence-electron chi connectivity index (χ0n) is 14.3. The average molecular weight is 337 g/mol. The summed E-state index contributed by atoms with van der Waals surface area (Å²) in [6.45, 7) is 3.78. The summed E-state index contributed by atoms with van der Waals surface area (Å²) >= 11 is 0. The molecular formula is C20H23N3O2. The minimum Gasteiger partial charge on any atom is -0.378 e. The minimum atomic E-state index is -0.317. The van der Waals surface area contributed by atoms with Crippen molar-refractivity contribution in [2.45, 2.75) is 24.8 Å². The van der Waals surface area contributed by atoms with Crippen molar-refractivity contribution in [3.63, 3.8) is 0 Å². The summed E-state index contributed by atoms with van der Waals surface area (Å²) in [6.07, 6.45) is 3.71. The fourth-order valence-corrected chi connectivity index (χ4v) is 3.38. The lowest BCUT2D eigenvalue weighted by molar-refractivity contribution is -0.123. The molecule has 4 rings (SSSR count). The number of nitrogens with zero attached hydrogens (tertiary/aromatic N) is 2. The molecule has 5 heteroatoms. The van der Waals surface area contributed by atoms with Crippen molar-refractivity contribution in [1.29, 1.82) is 0 Å². The van der Waals surface area contributed by atoms with Crippen molar-refractivity contribution < 1.29 is 9.53 Å². The summed E-state index contributed by atoms with van der Waals surface area (Å²) < 4.78 is 5.37. The van der Waals surface area contributed by atoms with Gasteiger partial charge in [0.1, 0.15) is 5.82 Å². The molecule has 1 amide bonds. The Balaban J connectivity index is 1.36. The molecule has 1 aromatic heterocycles. The van der Waals surface area contributed by atoms with E-state index < -0.39 is 0 Å². The number of hydrogen-bond donors (Lipinski definition) is 1. The van der Waals surface area contributed by atoms with Crippen molar-refractivity contribution in [2.75, 3.05) is 31.2 Å². The summed E-state index contributed by atoms with van der Waals surface area (Å²) in [5, 5.41) is 3.09. The van der Waals surface area contributed by atoms with E-state index in [0.717, 1.165) is 56.1 Å². The highest BCUT2D eigenvalue weighted by atomic mass is 16.5. The van der Waals surface area contributed by atoms with Gasteiger partial charge in [-0.2, -0.15) is 0 Å². The third kappa shape index (κ3) is 3.37. The number of morpholine rings is 1. The van der Waals surface area contributed by atoms with Gasteiger partial charge in [-0.25, -0.2) is 4.98 Å². The van der Waals surface area contributed by atoms with Gasteiger partial charge in [0.05, 0.1) is 18.6 Å². The van der Waals surface area contributed by atoms with E-state index in [2.05, 4.69) is 15.2 Å². The molecule has 2 aromatic rings. The van der Waals surface area contributed by atoms with Crippen molar-refractivity contribution >= 4 is 11.7 Å². The maximum atomic E-state index is 12.7. The van der Waals surface area contributed by atoms with Crippen LogP contribution in [0.15, 0.2) is 48.7 Å². The predicted molar refractivity (Wildman–Crippen MR) is 96.5 cm³/mol. The standard InChI is InChI=1S/C20H23N3O2/c24-19(20(8-9-20)17-4-2-1-3-5-17)22-15-16-6-7-18(21-14-16)23-10-12-25-13-11-23/h1-7,14H,8-13,15H2,(H,22,24). The van der Waals surface area contributed by atoms with E-state index in [1.165, 1.54) is 0 Å². The number of ether oxygens (including phenoxy) is 1. The summed E-state index contributed by atoms with van der Waals surface area (Å²) in [5.74, 6) is 1.09. The van der Waals surface area contributed by atoms with Crippen molar-refractivity contribution in [1.82, 2.24) is 10.3 Å². The summed E-state index contributed by atoms with van der Waals surface area (Å²) in [7, 11) is 0. The van der Waals surface area contributed by atoms with Crippen LogP contribution in [0, 0.1) is 0 Å². The van der Waals surface area contributed by atoms with Gasteiger partial charge in [-0.05, 0) is 30.0 Å². The smallest absolute Gasteiger partial charge is 0.230 e. The van der Waals surface area contributed by atoms with E-state index >= 15 is 0 Å². The quantitative estimate of drug-likeness (QED) is 0.909. The van der Waals surface area contributed by atoms with Crippen molar-refractivity contribution in [3.8, 4) is 0 Å². The molecule has 1 aromatic carbocycles. The lowest BCUT2D eigenvalue weighted by atomic mass is 9.95. The Morgan fingerprint density at radius 1 is 1.12 bits per heavy atom. The monoisotopic (exact) mass is 337 g/mol. The SMILES string of the molecule is O=C(NCc1ccc(N2CCOCC2)nc1)C1(c2ccccc2)CC1. The van der Waals surface area contributed by atoms with Crippen LogP contribution in [0.3, 0.4) is 0 Å². The van der Waals surface area contributed by atoms with Gasteiger partial charge in [-0.3, -0.25) is 4.79 Å². The number of amides is 1. The molecule has 1 aliphatic carbocycles. The highest BCUT2D eigenvalue weighted by Gasteiger charge is 2.50. The first-order valence-corrected chi connectivity index (χ1v) is 8.89. The number of carbonyl (C=O) groups excluding carboxylic acids is 1. The molecule has 25 heavy (non-hydrogen) atoms. The molecule has 0 atom stereocenters. The molecule has 0 bridgehead atoms. The molecule has 1 saturated heterocycles. The largest absolute Gasteiger partial charge is 0.378 e. The Morgan fingerprint density at radius 3 is 2.52 bits per heavy atom. The van der Waals surface area contributed by atoms with Crippen LogP contribution in [0.1, 0.15) is 24.0 Å². The van der Waals surface area contributed by atoms with E-state index in [4.69, 9.17) is 4.74 Å². The fraction of sp³-hybridized carbons (Fsp3) is 0.400. The van der Waals surface area contributed by atoms with E-state index in [9.17, 15) is 4.79 Å². The van der Waals surface area contributed by atoms with Gasteiger partial charge in [0, 0.05) is 25.8 Å². The van der Waals surface area contributed by atoms with Gasteiger partial charge in [-0.15, -0.1) is 0 Å². The van der Waals surface area contributed by atoms with Gasteiger partial charge < -0.3 is 15.0 Å². The molecule has 5 nitrogen and oxygen atoms in total. The number of nitrogens with one attached hydrogen (secondary N) is 1. The third-order valence-corrected chi connectivity index (χ3v) is 5.11. The third-order valence-electron chi connectivity index (χ3n) is 5.11. The van der Waals surface area contributed by atoms with Gasteiger partial charge in [0.2, 0.25) is 5.91 Å². The fourth-order valence-electron chi connectivity index (χ4n) is 3.38. The Morgan fingerprint density at radius 2 is 1.88 bits per heavy atom.